The van der Waals surface area contributed by atoms with E-state index in [0.717, 1.165) is 19.4 Å². The van der Waals surface area contributed by atoms with Gasteiger partial charge in [0.25, 0.3) is 0 Å². The third kappa shape index (κ3) is 5.68. The maximum absolute atomic E-state index is 12.5. The maximum Gasteiger partial charge on any atom is 0.410 e. The molecule has 1 heterocycles. The number of hydrogen-bond donors (Lipinski definition) is 1. The number of amides is 2. The Balaban J connectivity index is 2.72. The molecule has 1 fully saturated rings. The average molecular weight is 327 g/mol. The van der Waals surface area contributed by atoms with E-state index in [1.807, 2.05) is 46.4 Å². The minimum Gasteiger partial charge on any atom is -0.444 e. The van der Waals surface area contributed by atoms with Gasteiger partial charge >= 0.3 is 6.09 Å². The lowest BCUT2D eigenvalue weighted by Crippen LogP contribution is -2.52. The van der Waals surface area contributed by atoms with Gasteiger partial charge in [-0.3, -0.25) is 4.79 Å². The van der Waals surface area contributed by atoms with Crippen LogP contribution in [0.2, 0.25) is 0 Å². The van der Waals surface area contributed by atoms with E-state index in [-0.39, 0.29) is 24.0 Å². The smallest absolute Gasteiger partial charge is 0.410 e. The summed E-state index contributed by atoms with van der Waals surface area (Å²) < 4.78 is 5.44. The number of carbonyl (C=O) groups excluding carboxylic acids is 2. The van der Waals surface area contributed by atoms with E-state index in [9.17, 15) is 9.59 Å². The van der Waals surface area contributed by atoms with E-state index in [1.54, 1.807) is 4.90 Å². The largest absolute Gasteiger partial charge is 0.444 e. The van der Waals surface area contributed by atoms with Crippen molar-refractivity contribution in [2.24, 2.45) is 11.7 Å². The van der Waals surface area contributed by atoms with Crippen LogP contribution in [0.15, 0.2) is 0 Å². The second kappa shape index (κ2) is 7.99. The fraction of sp³-hybridized carbons (Fsp3) is 0.882. The maximum atomic E-state index is 12.5. The van der Waals surface area contributed by atoms with Gasteiger partial charge < -0.3 is 20.3 Å². The second-order valence-corrected chi connectivity index (χ2v) is 7.62. The zero-order chi connectivity index (χ0) is 17.8. The van der Waals surface area contributed by atoms with Gasteiger partial charge in [0.1, 0.15) is 5.60 Å². The summed E-state index contributed by atoms with van der Waals surface area (Å²) in [5.74, 6) is 0.0969. The monoisotopic (exact) mass is 327 g/mol. The fourth-order valence-electron chi connectivity index (χ4n) is 2.71. The molecule has 1 aliphatic heterocycles. The first-order chi connectivity index (χ1) is 10.6. The highest BCUT2D eigenvalue weighted by Gasteiger charge is 2.35. The van der Waals surface area contributed by atoms with Crippen molar-refractivity contribution >= 4 is 12.0 Å². The van der Waals surface area contributed by atoms with Gasteiger partial charge in [-0.1, -0.05) is 13.8 Å². The topological polar surface area (TPSA) is 75.9 Å². The first-order valence-electron chi connectivity index (χ1n) is 8.60. The summed E-state index contributed by atoms with van der Waals surface area (Å²) in [7, 11) is 0. The summed E-state index contributed by atoms with van der Waals surface area (Å²) in [6, 6.07) is -0.452. The third-order valence-electron chi connectivity index (χ3n) is 4.13. The van der Waals surface area contributed by atoms with Gasteiger partial charge in [0, 0.05) is 25.7 Å². The highest BCUT2D eigenvalue weighted by Crippen LogP contribution is 2.21. The van der Waals surface area contributed by atoms with Crippen molar-refractivity contribution in [3.63, 3.8) is 0 Å². The molecule has 6 heteroatoms. The molecular formula is C17H33N3O3. The van der Waals surface area contributed by atoms with Gasteiger partial charge in [0.2, 0.25) is 5.91 Å². The summed E-state index contributed by atoms with van der Waals surface area (Å²) in [5.41, 5.74) is 5.49. The lowest BCUT2D eigenvalue weighted by atomic mass is 10.0. The SMILES string of the molecule is CCN(C[C@@H]1CCCN1C(=O)[C@@H](N)C(C)C)C(=O)OC(C)(C)C. The molecule has 1 rings (SSSR count). The number of nitrogens with two attached hydrogens (primary N) is 1. The minimum atomic E-state index is -0.518. The van der Waals surface area contributed by atoms with E-state index in [1.165, 1.54) is 0 Å². The number of nitrogens with zero attached hydrogens (tertiary/aromatic N) is 2. The average Bonchev–Trinajstić information content (AvgIpc) is 2.88. The number of carbonyl (C=O) groups is 2. The van der Waals surface area contributed by atoms with Crippen LogP contribution in [0.5, 0.6) is 0 Å². The molecule has 2 amide bonds. The predicted octanol–water partition coefficient (Wildman–Crippen LogP) is 2.22. The van der Waals surface area contributed by atoms with Crippen molar-refractivity contribution in [2.75, 3.05) is 19.6 Å². The Kier molecular flexibility index (Phi) is 6.86. The highest BCUT2D eigenvalue weighted by atomic mass is 16.6. The summed E-state index contributed by atoms with van der Waals surface area (Å²) >= 11 is 0. The molecule has 0 aromatic heterocycles. The standard InChI is InChI=1S/C17H33N3O3/c1-7-19(16(22)23-17(4,5)6)11-13-9-8-10-20(13)15(21)14(18)12(2)3/h12-14H,7-11,18H2,1-6H3/t13-,14-/m0/s1. The van der Waals surface area contributed by atoms with Crippen LogP contribution in [0.25, 0.3) is 0 Å². The molecule has 2 N–H and O–H groups in total. The van der Waals surface area contributed by atoms with Crippen LogP contribution in [0.3, 0.4) is 0 Å². The van der Waals surface area contributed by atoms with E-state index in [4.69, 9.17) is 10.5 Å². The Hall–Kier alpha value is -1.30. The molecule has 6 nitrogen and oxygen atoms in total. The Morgan fingerprint density at radius 2 is 1.96 bits per heavy atom. The van der Waals surface area contributed by atoms with Crippen LogP contribution in [-0.4, -0.2) is 59.1 Å². The van der Waals surface area contributed by atoms with Gasteiger partial charge in [-0.15, -0.1) is 0 Å². The van der Waals surface area contributed by atoms with E-state index in [2.05, 4.69) is 0 Å². The number of rotatable bonds is 5. The number of likely N-dealkylation sites (tertiary alicyclic amines) is 1. The van der Waals surface area contributed by atoms with Crippen LogP contribution in [0.4, 0.5) is 4.79 Å². The van der Waals surface area contributed by atoms with Crippen LogP contribution in [0, 0.1) is 5.92 Å². The molecule has 23 heavy (non-hydrogen) atoms. The van der Waals surface area contributed by atoms with Gasteiger partial charge in [-0.05, 0) is 46.5 Å². The zero-order valence-corrected chi connectivity index (χ0v) is 15.5. The van der Waals surface area contributed by atoms with E-state index in [0.29, 0.717) is 13.1 Å². The summed E-state index contributed by atoms with van der Waals surface area (Å²) in [6.07, 6.45) is 1.52. The minimum absolute atomic E-state index is 0.0114. The summed E-state index contributed by atoms with van der Waals surface area (Å²) in [6.45, 7) is 13.2. The zero-order valence-electron chi connectivity index (χ0n) is 15.5. The van der Waals surface area contributed by atoms with Crippen molar-refractivity contribution in [2.45, 2.75) is 72.1 Å². The van der Waals surface area contributed by atoms with E-state index < -0.39 is 11.6 Å². The quantitative estimate of drug-likeness (QED) is 0.840. The summed E-state index contributed by atoms with van der Waals surface area (Å²) in [5, 5.41) is 0. The lowest BCUT2D eigenvalue weighted by Gasteiger charge is -2.33. The van der Waals surface area contributed by atoms with Crippen molar-refractivity contribution in [1.82, 2.24) is 9.80 Å². The van der Waals surface area contributed by atoms with Crippen LogP contribution in [0.1, 0.15) is 54.4 Å². The molecule has 2 atom stereocenters. The molecule has 0 aliphatic carbocycles. The molecule has 0 aromatic rings. The predicted molar refractivity (Wildman–Crippen MR) is 91.0 cm³/mol. The molecule has 134 valence electrons. The van der Waals surface area contributed by atoms with Gasteiger partial charge in [-0.2, -0.15) is 0 Å². The molecule has 1 aliphatic rings. The Morgan fingerprint density at radius 3 is 2.43 bits per heavy atom. The summed E-state index contributed by atoms with van der Waals surface area (Å²) in [4.78, 5) is 28.3. The fourth-order valence-corrected chi connectivity index (χ4v) is 2.71. The number of likely N-dealkylation sites (N-methyl/N-ethyl adjacent to an activating group) is 1. The number of ether oxygens (including phenoxy) is 1. The molecule has 0 bridgehead atoms. The second-order valence-electron chi connectivity index (χ2n) is 7.62. The van der Waals surface area contributed by atoms with Crippen LogP contribution in [-0.2, 0) is 9.53 Å². The molecule has 0 aromatic carbocycles. The molecule has 1 saturated heterocycles. The van der Waals surface area contributed by atoms with Crippen LogP contribution < -0.4 is 5.73 Å². The normalized spacial score (nSPS) is 19.8. The Bertz CT molecular complexity index is 418. The highest BCUT2D eigenvalue weighted by molar-refractivity contribution is 5.82. The Morgan fingerprint density at radius 1 is 1.35 bits per heavy atom. The van der Waals surface area contributed by atoms with Crippen LogP contribution >= 0.6 is 0 Å². The van der Waals surface area contributed by atoms with E-state index >= 15 is 0 Å². The number of hydrogen-bond acceptors (Lipinski definition) is 4. The Labute approximate surface area is 140 Å². The van der Waals surface area contributed by atoms with Gasteiger partial charge in [0.15, 0.2) is 0 Å². The van der Waals surface area contributed by atoms with Crippen molar-refractivity contribution in [3.8, 4) is 0 Å². The lowest BCUT2D eigenvalue weighted by molar-refractivity contribution is -0.134. The van der Waals surface area contributed by atoms with Crippen molar-refractivity contribution in [3.05, 3.63) is 0 Å². The molecule has 0 spiro atoms. The first kappa shape index (κ1) is 19.7. The first-order valence-corrected chi connectivity index (χ1v) is 8.60. The molecule has 0 saturated carbocycles. The third-order valence-corrected chi connectivity index (χ3v) is 4.13. The van der Waals surface area contributed by atoms with Crippen molar-refractivity contribution < 1.29 is 14.3 Å². The molecular weight excluding hydrogens is 294 g/mol. The van der Waals surface area contributed by atoms with Gasteiger partial charge in [0.05, 0.1) is 6.04 Å². The molecule has 0 radical (unpaired) electrons. The van der Waals surface area contributed by atoms with Gasteiger partial charge in [-0.25, -0.2) is 4.79 Å². The molecule has 0 unspecified atom stereocenters. The van der Waals surface area contributed by atoms with Crippen molar-refractivity contribution in [1.29, 1.82) is 0 Å².